The molecule has 1 fully saturated rings. The summed E-state index contributed by atoms with van der Waals surface area (Å²) in [5, 5.41) is 6.08. The van der Waals surface area contributed by atoms with Gasteiger partial charge in [-0.2, -0.15) is 0 Å². The maximum atomic E-state index is 11.4. The van der Waals surface area contributed by atoms with E-state index >= 15 is 0 Å². The van der Waals surface area contributed by atoms with Gasteiger partial charge in [-0.25, -0.2) is 0 Å². The minimum atomic E-state index is 0.139. The summed E-state index contributed by atoms with van der Waals surface area (Å²) in [6, 6.07) is 0. The molecule has 3 heteroatoms. The third kappa shape index (κ3) is 4.29. The van der Waals surface area contributed by atoms with E-state index in [1.807, 2.05) is 0 Å². The molecule has 0 saturated carbocycles. The average molecular weight is 194 g/mol. The Morgan fingerprint density at radius 3 is 2.86 bits per heavy atom. The Morgan fingerprint density at radius 2 is 2.21 bits per heavy atom. The summed E-state index contributed by atoms with van der Waals surface area (Å²) in [4.78, 5) is 11.4. The lowest BCUT2D eigenvalue weighted by atomic mass is 9.94. The van der Waals surface area contributed by atoms with E-state index in [9.17, 15) is 4.79 Å². The van der Waals surface area contributed by atoms with E-state index in [2.05, 4.69) is 22.5 Å². The number of amides is 1. The molecule has 1 aliphatic rings. The minimum Gasteiger partial charge on any atom is -0.345 e. The molecule has 0 radical (unpaired) electrons. The van der Waals surface area contributed by atoms with Crippen LogP contribution in [0.1, 0.15) is 26.2 Å². The maximum absolute atomic E-state index is 11.4. The number of rotatable bonds is 3. The second-order valence-electron chi connectivity index (χ2n) is 3.60. The zero-order valence-electron chi connectivity index (χ0n) is 8.73. The fraction of sp³-hybridized carbons (Fsp3) is 0.727. The van der Waals surface area contributed by atoms with Crippen LogP contribution in [-0.2, 0) is 4.79 Å². The molecule has 0 spiro atoms. The highest BCUT2D eigenvalue weighted by molar-refractivity contribution is 5.76. The Morgan fingerprint density at radius 1 is 1.50 bits per heavy atom. The molecular weight excluding hydrogens is 176 g/mol. The smallest absolute Gasteiger partial charge is 0.221 e. The second-order valence-corrected chi connectivity index (χ2v) is 3.60. The van der Waals surface area contributed by atoms with Gasteiger partial charge in [0.2, 0.25) is 5.91 Å². The van der Waals surface area contributed by atoms with Crippen LogP contribution in [0.15, 0.2) is 0 Å². The molecule has 14 heavy (non-hydrogen) atoms. The van der Waals surface area contributed by atoms with Gasteiger partial charge in [0, 0.05) is 6.42 Å². The van der Waals surface area contributed by atoms with Crippen LogP contribution in [0.5, 0.6) is 0 Å². The Kier molecular flexibility index (Phi) is 5.09. The molecule has 1 rings (SSSR count). The van der Waals surface area contributed by atoms with Crippen molar-refractivity contribution in [3.63, 3.8) is 0 Å². The molecule has 78 valence electrons. The largest absolute Gasteiger partial charge is 0.345 e. The van der Waals surface area contributed by atoms with Crippen molar-refractivity contribution in [2.75, 3.05) is 19.6 Å². The first kappa shape index (κ1) is 11.1. The fourth-order valence-electron chi connectivity index (χ4n) is 1.65. The van der Waals surface area contributed by atoms with Gasteiger partial charge in [-0.1, -0.05) is 5.92 Å². The Hall–Kier alpha value is -1.01. The molecular formula is C11H18N2O. The van der Waals surface area contributed by atoms with Crippen LogP contribution in [-0.4, -0.2) is 25.5 Å². The summed E-state index contributed by atoms with van der Waals surface area (Å²) in [7, 11) is 0. The predicted octanol–water partition coefficient (Wildman–Crippen LogP) is 0.516. The van der Waals surface area contributed by atoms with Crippen molar-refractivity contribution in [2.24, 2.45) is 5.92 Å². The van der Waals surface area contributed by atoms with E-state index in [-0.39, 0.29) is 5.91 Å². The Balaban J connectivity index is 2.14. The summed E-state index contributed by atoms with van der Waals surface area (Å²) in [5.74, 6) is 6.27. The van der Waals surface area contributed by atoms with E-state index in [0.717, 1.165) is 25.9 Å². The first-order valence-electron chi connectivity index (χ1n) is 5.20. The van der Waals surface area contributed by atoms with Crippen molar-refractivity contribution in [2.45, 2.75) is 26.2 Å². The van der Waals surface area contributed by atoms with E-state index < -0.39 is 0 Å². The first-order chi connectivity index (χ1) is 6.83. The molecule has 0 aliphatic carbocycles. The van der Waals surface area contributed by atoms with Gasteiger partial charge in [-0.05, 0) is 38.8 Å². The normalized spacial score (nSPS) is 16.9. The zero-order chi connectivity index (χ0) is 10.2. The lowest BCUT2D eigenvalue weighted by Gasteiger charge is -2.21. The van der Waals surface area contributed by atoms with Crippen LogP contribution in [0.25, 0.3) is 0 Å². The van der Waals surface area contributed by atoms with E-state index in [0.29, 0.717) is 18.9 Å². The number of carbonyl (C=O) groups excluding carboxylic acids is 1. The molecule has 1 aliphatic heterocycles. The summed E-state index contributed by atoms with van der Waals surface area (Å²) in [5.41, 5.74) is 0. The van der Waals surface area contributed by atoms with Crippen molar-refractivity contribution >= 4 is 5.91 Å². The van der Waals surface area contributed by atoms with Crippen LogP contribution in [0.3, 0.4) is 0 Å². The SMILES string of the molecule is CC#CCNC(=O)CC1CCNCC1. The monoisotopic (exact) mass is 194 g/mol. The minimum absolute atomic E-state index is 0.139. The number of carbonyl (C=O) groups is 1. The molecule has 0 atom stereocenters. The topological polar surface area (TPSA) is 41.1 Å². The molecule has 1 amide bonds. The van der Waals surface area contributed by atoms with Gasteiger partial charge in [-0.3, -0.25) is 4.79 Å². The van der Waals surface area contributed by atoms with Crippen molar-refractivity contribution in [1.29, 1.82) is 0 Å². The Bertz CT molecular complexity index is 233. The summed E-state index contributed by atoms with van der Waals surface area (Å²) in [6.45, 7) is 4.36. The summed E-state index contributed by atoms with van der Waals surface area (Å²) >= 11 is 0. The fourth-order valence-corrected chi connectivity index (χ4v) is 1.65. The van der Waals surface area contributed by atoms with Crippen LogP contribution in [0.4, 0.5) is 0 Å². The van der Waals surface area contributed by atoms with Crippen LogP contribution in [0.2, 0.25) is 0 Å². The Labute approximate surface area is 85.6 Å². The van der Waals surface area contributed by atoms with Crippen molar-refractivity contribution in [3.8, 4) is 11.8 Å². The number of nitrogens with one attached hydrogen (secondary N) is 2. The highest BCUT2D eigenvalue weighted by atomic mass is 16.1. The lowest BCUT2D eigenvalue weighted by Crippen LogP contribution is -2.32. The first-order valence-corrected chi connectivity index (χ1v) is 5.20. The predicted molar refractivity (Wildman–Crippen MR) is 56.7 cm³/mol. The quantitative estimate of drug-likeness (QED) is 0.643. The van der Waals surface area contributed by atoms with Gasteiger partial charge >= 0.3 is 0 Å². The number of piperidine rings is 1. The third-order valence-corrected chi connectivity index (χ3v) is 2.48. The van der Waals surface area contributed by atoms with E-state index in [1.165, 1.54) is 0 Å². The molecule has 2 N–H and O–H groups in total. The van der Waals surface area contributed by atoms with Crippen molar-refractivity contribution in [3.05, 3.63) is 0 Å². The van der Waals surface area contributed by atoms with E-state index in [4.69, 9.17) is 0 Å². The molecule has 0 unspecified atom stereocenters. The van der Waals surface area contributed by atoms with Gasteiger partial charge in [0.25, 0.3) is 0 Å². The standard InChI is InChI=1S/C11H18N2O/c1-2-3-6-13-11(14)9-10-4-7-12-8-5-10/h10,12H,4-9H2,1H3,(H,13,14). The van der Waals surface area contributed by atoms with Gasteiger partial charge in [0.15, 0.2) is 0 Å². The molecule has 0 bridgehead atoms. The molecule has 0 aromatic rings. The molecule has 0 aromatic heterocycles. The van der Waals surface area contributed by atoms with Gasteiger partial charge < -0.3 is 10.6 Å². The van der Waals surface area contributed by atoms with Crippen LogP contribution >= 0.6 is 0 Å². The van der Waals surface area contributed by atoms with Crippen LogP contribution in [0, 0.1) is 17.8 Å². The summed E-state index contributed by atoms with van der Waals surface area (Å²) in [6.07, 6.45) is 2.90. The van der Waals surface area contributed by atoms with Gasteiger partial charge in [-0.15, -0.1) is 5.92 Å². The van der Waals surface area contributed by atoms with Gasteiger partial charge in [0.05, 0.1) is 6.54 Å². The molecule has 1 saturated heterocycles. The van der Waals surface area contributed by atoms with Crippen molar-refractivity contribution in [1.82, 2.24) is 10.6 Å². The zero-order valence-corrected chi connectivity index (χ0v) is 8.73. The van der Waals surface area contributed by atoms with Crippen LogP contribution < -0.4 is 10.6 Å². The highest BCUT2D eigenvalue weighted by Crippen LogP contribution is 2.15. The molecule has 0 aromatic carbocycles. The number of hydrogen-bond acceptors (Lipinski definition) is 2. The van der Waals surface area contributed by atoms with E-state index in [1.54, 1.807) is 6.92 Å². The average Bonchev–Trinajstić information content (AvgIpc) is 2.20. The van der Waals surface area contributed by atoms with Crippen molar-refractivity contribution < 1.29 is 4.79 Å². The number of hydrogen-bond donors (Lipinski definition) is 2. The second kappa shape index (κ2) is 6.44. The highest BCUT2D eigenvalue weighted by Gasteiger charge is 2.15. The lowest BCUT2D eigenvalue weighted by molar-refractivity contribution is -0.121. The third-order valence-electron chi connectivity index (χ3n) is 2.48. The molecule has 3 nitrogen and oxygen atoms in total. The van der Waals surface area contributed by atoms with Gasteiger partial charge in [0.1, 0.15) is 0 Å². The summed E-state index contributed by atoms with van der Waals surface area (Å²) < 4.78 is 0. The molecule has 1 heterocycles. The maximum Gasteiger partial charge on any atom is 0.221 e.